The number of nitrogens with zero attached hydrogens (tertiary/aromatic N) is 2. The third-order valence-electron chi connectivity index (χ3n) is 5.35. The van der Waals surface area contributed by atoms with Crippen molar-refractivity contribution in [1.29, 1.82) is 0 Å². The second kappa shape index (κ2) is 7.47. The van der Waals surface area contributed by atoms with Gasteiger partial charge in [-0.15, -0.1) is 0 Å². The summed E-state index contributed by atoms with van der Waals surface area (Å²) in [6.45, 7) is 8.06. The molecule has 2 aliphatic rings. The maximum absolute atomic E-state index is 12.5. The van der Waals surface area contributed by atoms with Crippen LogP contribution in [0.5, 0.6) is 0 Å². The predicted molar refractivity (Wildman–Crippen MR) is 88.3 cm³/mol. The largest absolute Gasteiger partial charge is 0.345 e. The highest BCUT2D eigenvalue weighted by Gasteiger charge is 2.39. The van der Waals surface area contributed by atoms with E-state index in [1.807, 2.05) is 16.8 Å². The van der Waals surface area contributed by atoms with Crippen LogP contribution in [-0.2, 0) is 9.59 Å². The summed E-state index contributed by atoms with van der Waals surface area (Å²) in [5.41, 5.74) is 0. The second-order valence-electron chi connectivity index (χ2n) is 7.80. The zero-order valence-corrected chi connectivity index (χ0v) is 14.7. The van der Waals surface area contributed by atoms with Crippen molar-refractivity contribution < 1.29 is 9.59 Å². The molecule has 4 nitrogen and oxygen atoms in total. The topological polar surface area (TPSA) is 40.6 Å². The fourth-order valence-corrected chi connectivity index (χ4v) is 3.68. The van der Waals surface area contributed by atoms with Gasteiger partial charge in [0.1, 0.15) is 0 Å². The zero-order valence-electron chi connectivity index (χ0n) is 14.7. The Morgan fingerprint density at radius 1 is 1.27 bits per heavy atom. The van der Waals surface area contributed by atoms with Crippen LogP contribution in [0.2, 0.25) is 0 Å². The summed E-state index contributed by atoms with van der Waals surface area (Å²) in [4.78, 5) is 28.7. The van der Waals surface area contributed by atoms with Crippen LogP contribution in [0.4, 0.5) is 0 Å². The van der Waals surface area contributed by atoms with Crippen molar-refractivity contribution in [3.63, 3.8) is 0 Å². The molecule has 0 N–H and O–H groups in total. The third-order valence-corrected chi connectivity index (χ3v) is 5.35. The highest BCUT2D eigenvalue weighted by molar-refractivity contribution is 5.89. The fourth-order valence-electron chi connectivity index (χ4n) is 3.68. The lowest BCUT2D eigenvalue weighted by atomic mass is 9.86. The van der Waals surface area contributed by atoms with Crippen LogP contribution in [0.1, 0.15) is 59.3 Å². The summed E-state index contributed by atoms with van der Waals surface area (Å²) < 4.78 is 0. The van der Waals surface area contributed by atoms with Gasteiger partial charge in [0, 0.05) is 32.6 Å². The maximum Gasteiger partial charge on any atom is 0.227 e. The first-order valence-electron chi connectivity index (χ1n) is 8.93. The lowest BCUT2D eigenvalue weighted by Gasteiger charge is -2.33. The van der Waals surface area contributed by atoms with Gasteiger partial charge in [-0.05, 0) is 43.9 Å². The van der Waals surface area contributed by atoms with Gasteiger partial charge in [-0.25, -0.2) is 0 Å². The van der Waals surface area contributed by atoms with E-state index in [0.29, 0.717) is 24.9 Å². The number of carbonyl (C=O) groups excluding carboxylic acids is 2. The van der Waals surface area contributed by atoms with Crippen LogP contribution in [0.15, 0.2) is 0 Å². The van der Waals surface area contributed by atoms with Crippen LogP contribution >= 0.6 is 0 Å². The van der Waals surface area contributed by atoms with E-state index >= 15 is 0 Å². The van der Waals surface area contributed by atoms with Crippen LogP contribution in [0, 0.1) is 17.8 Å². The second-order valence-corrected chi connectivity index (χ2v) is 7.80. The summed E-state index contributed by atoms with van der Waals surface area (Å²) in [5.74, 6) is 1.61. The first-order valence-corrected chi connectivity index (χ1v) is 8.93. The number of amides is 2. The molecule has 1 atom stereocenters. The van der Waals surface area contributed by atoms with Crippen molar-refractivity contribution in [3.8, 4) is 0 Å². The van der Waals surface area contributed by atoms with E-state index in [1.165, 1.54) is 12.8 Å². The molecule has 4 heteroatoms. The molecule has 2 amide bonds. The van der Waals surface area contributed by atoms with Crippen molar-refractivity contribution in [2.75, 3.05) is 20.1 Å². The fraction of sp³-hybridized carbons (Fsp3) is 0.889. The average molecular weight is 308 g/mol. The summed E-state index contributed by atoms with van der Waals surface area (Å²) in [6.07, 6.45) is 6.07. The molecule has 2 rings (SSSR count). The highest BCUT2D eigenvalue weighted by atomic mass is 16.2. The first-order chi connectivity index (χ1) is 10.4. The molecule has 1 saturated carbocycles. The Labute approximate surface area is 135 Å². The number of likely N-dealkylation sites (tertiary alicyclic amines) is 1. The van der Waals surface area contributed by atoms with E-state index in [2.05, 4.69) is 20.8 Å². The molecule has 0 bridgehead atoms. The quantitative estimate of drug-likeness (QED) is 0.783. The van der Waals surface area contributed by atoms with Crippen LogP contribution in [0.25, 0.3) is 0 Å². The van der Waals surface area contributed by atoms with Crippen LogP contribution in [-0.4, -0.2) is 47.8 Å². The number of hydrogen-bond acceptors (Lipinski definition) is 2. The van der Waals surface area contributed by atoms with E-state index < -0.39 is 0 Å². The number of hydrogen-bond donors (Lipinski definition) is 0. The minimum atomic E-state index is -0.121. The Morgan fingerprint density at radius 2 is 1.91 bits per heavy atom. The van der Waals surface area contributed by atoms with Gasteiger partial charge >= 0.3 is 0 Å². The number of rotatable bonds is 5. The summed E-state index contributed by atoms with van der Waals surface area (Å²) in [5, 5.41) is 0. The van der Waals surface area contributed by atoms with E-state index in [0.717, 1.165) is 31.7 Å². The first kappa shape index (κ1) is 17.3. The van der Waals surface area contributed by atoms with Gasteiger partial charge in [0.15, 0.2) is 0 Å². The zero-order chi connectivity index (χ0) is 16.3. The minimum absolute atomic E-state index is 0.121. The molecule has 2 fully saturated rings. The SMILES string of the molecule is CC(C)CCN(C)C(=O)[C@@H]1CC(=O)N(C2CCC(C)CC2)C1. The Hall–Kier alpha value is -1.06. The Morgan fingerprint density at radius 3 is 2.50 bits per heavy atom. The predicted octanol–water partition coefficient (Wildman–Crippen LogP) is 2.92. The molecule has 0 aromatic heterocycles. The van der Waals surface area contributed by atoms with Crippen molar-refractivity contribution in [2.45, 2.75) is 65.3 Å². The van der Waals surface area contributed by atoms with Gasteiger partial charge in [-0.2, -0.15) is 0 Å². The average Bonchev–Trinajstić information content (AvgIpc) is 2.86. The summed E-state index contributed by atoms with van der Waals surface area (Å²) >= 11 is 0. The molecule has 0 aromatic carbocycles. The van der Waals surface area contributed by atoms with Gasteiger partial charge < -0.3 is 9.80 Å². The molecule has 126 valence electrons. The standard InChI is InChI=1S/C18H32N2O2/c1-13(2)9-10-19(4)18(22)15-11-17(21)20(12-15)16-7-5-14(3)6-8-16/h13-16H,5-12H2,1-4H3/t14?,15-,16?/m1/s1. The van der Waals surface area contributed by atoms with Crippen LogP contribution in [0.3, 0.4) is 0 Å². The molecular formula is C18H32N2O2. The summed E-state index contributed by atoms with van der Waals surface area (Å²) in [6, 6.07) is 0.377. The third kappa shape index (κ3) is 4.23. The maximum atomic E-state index is 12.5. The molecule has 1 aliphatic carbocycles. The molecule has 0 aromatic rings. The minimum Gasteiger partial charge on any atom is -0.345 e. The van der Waals surface area contributed by atoms with Crippen molar-refractivity contribution >= 4 is 11.8 Å². The van der Waals surface area contributed by atoms with E-state index in [1.54, 1.807) is 0 Å². The Bertz CT molecular complexity index is 400. The lowest BCUT2D eigenvalue weighted by molar-refractivity contribution is -0.134. The van der Waals surface area contributed by atoms with E-state index in [4.69, 9.17) is 0 Å². The molecule has 1 aliphatic heterocycles. The molecule has 0 spiro atoms. The molecule has 0 unspecified atom stereocenters. The van der Waals surface area contributed by atoms with Gasteiger partial charge in [-0.3, -0.25) is 9.59 Å². The van der Waals surface area contributed by atoms with Crippen molar-refractivity contribution in [3.05, 3.63) is 0 Å². The van der Waals surface area contributed by atoms with Crippen molar-refractivity contribution in [2.24, 2.45) is 17.8 Å². The lowest BCUT2D eigenvalue weighted by Crippen LogP contribution is -2.40. The summed E-state index contributed by atoms with van der Waals surface area (Å²) in [7, 11) is 1.88. The van der Waals surface area contributed by atoms with Gasteiger partial charge in [-0.1, -0.05) is 20.8 Å². The van der Waals surface area contributed by atoms with Crippen molar-refractivity contribution in [1.82, 2.24) is 9.80 Å². The van der Waals surface area contributed by atoms with E-state index in [9.17, 15) is 9.59 Å². The van der Waals surface area contributed by atoms with Gasteiger partial charge in [0.2, 0.25) is 11.8 Å². The monoisotopic (exact) mass is 308 g/mol. The van der Waals surface area contributed by atoms with E-state index in [-0.39, 0.29) is 17.7 Å². The molecular weight excluding hydrogens is 276 g/mol. The molecule has 1 heterocycles. The highest BCUT2D eigenvalue weighted by Crippen LogP contribution is 2.31. The normalized spacial score (nSPS) is 29.2. The van der Waals surface area contributed by atoms with Gasteiger partial charge in [0.05, 0.1) is 5.92 Å². The molecule has 22 heavy (non-hydrogen) atoms. The molecule has 1 saturated heterocycles. The molecule has 0 radical (unpaired) electrons. The number of carbonyl (C=O) groups is 2. The van der Waals surface area contributed by atoms with Crippen LogP contribution < -0.4 is 0 Å². The smallest absolute Gasteiger partial charge is 0.227 e. The Balaban J connectivity index is 1.87. The Kier molecular flexibility index (Phi) is 5.87. The van der Waals surface area contributed by atoms with Gasteiger partial charge in [0.25, 0.3) is 0 Å².